The molecule has 0 saturated carbocycles. The molecule has 10 nitrogen and oxygen atoms in total. The Balaban J connectivity index is 1.82. The largest absolute Gasteiger partial charge is 0.452 e. The number of carbonyl (C=O) groups excluding carboxylic acids is 2. The van der Waals surface area contributed by atoms with E-state index < -0.39 is 33.4 Å². The van der Waals surface area contributed by atoms with Crippen LogP contribution in [-0.2, 0) is 26.0 Å². The third kappa shape index (κ3) is 6.52. The van der Waals surface area contributed by atoms with E-state index in [1.54, 1.807) is 12.1 Å². The summed E-state index contributed by atoms with van der Waals surface area (Å²) in [6, 6.07) is 9.15. The van der Waals surface area contributed by atoms with Crippen molar-refractivity contribution in [2.75, 3.05) is 13.2 Å². The number of ether oxygens (including phenoxy) is 1. The highest BCUT2D eigenvalue weighted by atomic mass is 35.5. The van der Waals surface area contributed by atoms with Crippen molar-refractivity contribution in [1.82, 2.24) is 5.32 Å². The molecule has 2 aromatic carbocycles. The van der Waals surface area contributed by atoms with Gasteiger partial charge in [0.2, 0.25) is 10.0 Å². The van der Waals surface area contributed by atoms with E-state index in [0.717, 1.165) is 17.7 Å². The Kier molecular flexibility index (Phi) is 7.26. The van der Waals surface area contributed by atoms with Crippen LogP contribution in [0.2, 0.25) is 5.02 Å². The molecule has 12 heteroatoms. The minimum atomic E-state index is -3.77. The van der Waals surface area contributed by atoms with E-state index in [1.165, 1.54) is 18.2 Å². The van der Waals surface area contributed by atoms with Gasteiger partial charge in [-0.25, -0.2) is 18.4 Å². The average molecular weight is 442 g/mol. The molecule has 154 valence electrons. The molecule has 2 rings (SSSR count). The molecule has 0 spiro atoms. The number of primary sulfonamides is 1. The third-order valence-corrected chi connectivity index (χ3v) is 4.96. The summed E-state index contributed by atoms with van der Waals surface area (Å²) >= 11 is 5.83. The Bertz CT molecular complexity index is 1040. The standard InChI is InChI=1S/C17H16ClN3O7S/c18-15-6-3-12(21(24)25)9-14(15)17(23)28-10-16(22)20-8-7-11-1-4-13(5-2-11)29(19,26)27/h1-6,9H,7-8,10H2,(H,20,22)(H2,19,26,27). The molecule has 0 unspecified atom stereocenters. The van der Waals surface area contributed by atoms with Gasteiger partial charge in [0.05, 0.1) is 20.4 Å². The second kappa shape index (κ2) is 9.45. The number of benzene rings is 2. The van der Waals surface area contributed by atoms with Crippen molar-refractivity contribution in [2.24, 2.45) is 5.14 Å². The molecule has 0 aliphatic heterocycles. The van der Waals surface area contributed by atoms with E-state index in [1.807, 2.05) is 0 Å². The lowest BCUT2D eigenvalue weighted by molar-refractivity contribution is -0.384. The fourth-order valence-corrected chi connectivity index (χ4v) is 2.95. The van der Waals surface area contributed by atoms with Gasteiger partial charge < -0.3 is 10.1 Å². The lowest BCUT2D eigenvalue weighted by Crippen LogP contribution is -2.30. The highest BCUT2D eigenvalue weighted by Crippen LogP contribution is 2.22. The van der Waals surface area contributed by atoms with Crippen molar-refractivity contribution in [3.8, 4) is 0 Å². The van der Waals surface area contributed by atoms with Gasteiger partial charge in [-0.05, 0) is 30.2 Å². The monoisotopic (exact) mass is 441 g/mol. The minimum Gasteiger partial charge on any atom is -0.452 e. The fourth-order valence-electron chi connectivity index (χ4n) is 2.24. The van der Waals surface area contributed by atoms with E-state index in [4.69, 9.17) is 21.5 Å². The maximum atomic E-state index is 12.0. The molecule has 0 aliphatic rings. The van der Waals surface area contributed by atoms with Crippen LogP contribution in [0.5, 0.6) is 0 Å². The minimum absolute atomic E-state index is 0.0167. The summed E-state index contributed by atoms with van der Waals surface area (Å²) in [6.07, 6.45) is 0.404. The molecule has 0 aliphatic carbocycles. The number of rotatable bonds is 8. The lowest BCUT2D eigenvalue weighted by Gasteiger charge is -2.08. The number of nitro groups is 1. The van der Waals surface area contributed by atoms with E-state index in [9.17, 15) is 28.1 Å². The molecule has 0 atom stereocenters. The molecule has 0 saturated heterocycles. The molecule has 0 heterocycles. The summed E-state index contributed by atoms with van der Waals surface area (Å²) in [5, 5.41) is 18.3. The number of carbonyl (C=O) groups is 2. The van der Waals surface area contributed by atoms with Gasteiger partial charge in [0, 0.05) is 18.7 Å². The maximum absolute atomic E-state index is 12.0. The van der Waals surface area contributed by atoms with Gasteiger partial charge in [-0.3, -0.25) is 14.9 Å². The van der Waals surface area contributed by atoms with Crippen molar-refractivity contribution in [2.45, 2.75) is 11.3 Å². The second-order valence-corrected chi connectivity index (χ2v) is 7.75. The SMILES string of the molecule is NS(=O)(=O)c1ccc(CCNC(=O)COC(=O)c2cc([N+](=O)[O-])ccc2Cl)cc1. The number of nitro benzene ring substituents is 1. The van der Waals surface area contributed by atoms with Crippen LogP contribution in [-0.4, -0.2) is 38.4 Å². The van der Waals surface area contributed by atoms with Crippen LogP contribution in [0.1, 0.15) is 15.9 Å². The van der Waals surface area contributed by atoms with E-state index in [0.29, 0.717) is 6.42 Å². The highest BCUT2D eigenvalue weighted by molar-refractivity contribution is 7.89. The summed E-state index contributed by atoms with van der Waals surface area (Å²) < 4.78 is 27.2. The molecule has 2 aromatic rings. The van der Waals surface area contributed by atoms with Gasteiger partial charge >= 0.3 is 5.97 Å². The smallest absolute Gasteiger partial charge is 0.340 e. The van der Waals surface area contributed by atoms with Crippen molar-refractivity contribution < 1.29 is 27.7 Å². The maximum Gasteiger partial charge on any atom is 0.340 e. The first-order valence-electron chi connectivity index (χ1n) is 8.07. The Labute approximate surface area is 170 Å². The van der Waals surface area contributed by atoms with Gasteiger partial charge in [0.15, 0.2) is 6.61 Å². The van der Waals surface area contributed by atoms with E-state index in [-0.39, 0.29) is 27.7 Å². The van der Waals surface area contributed by atoms with Crippen molar-refractivity contribution in [1.29, 1.82) is 0 Å². The van der Waals surface area contributed by atoms with Crippen LogP contribution in [0, 0.1) is 10.1 Å². The van der Waals surface area contributed by atoms with Gasteiger partial charge in [0.1, 0.15) is 0 Å². The number of nitrogens with two attached hydrogens (primary N) is 1. The van der Waals surface area contributed by atoms with Crippen molar-refractivity contribution in [3.63, 3.8) is 0 Å². The van der Waals surface area contributed by atoms with Crippen LogP contribution in [0.4, 0.5) is 5.69 Å². The number of amides is 1. The molecule has 29 heavy (non-hydrogen) atoms. The Morgan fingerprint density at radius 1 is 1.17 bits per heavy atom. The zero-order valence-corrected chi connectivity index (χ0v) is 16.4. The molecule has 0 fully saturated rings. The second-order valence-electron chi connectivity index (χ2n) is 5.79. The molecule has 1 amide bonds. The molecular weight excluding hydrogens is 426 g/mol. The van der Waals surface area contributed by atoms with Crippen LogP contribution in [0.25, 0.3) is 0 Å². The van der Waals surface area contributed by atoms with Crippen molar-refractivity contribution >= 4 is 39.2 Å². The number of halogens is 1. The quantitative estimate of drug-likeness (QED) is 0.356. The molecule has 3 N–H and O–H groups in total. The highest BCUT2D eigenvalue weighted by Gasteiger charge is 2.18. The number of hydrogen-bond acceptors (Lipinski definition) is 7. The Morgan fingerprint density at radius 3 is 2.41 bits per heavy atom. The number of esters is 1. The Hall–Kier alpha value is -3.02. The van der Waals surface area contributed by atoms with Gasteiger partial charge in [-0.2, -0.15) is 0 Å². The number of non-ortho nitro benzene ring substituents is 1. The first-order valence-corrected chi connectivity index (χ1v) is 10.00. The number of sulfonamides is 1. The number of hydrogen-bond donors (Lipinski definition) is 2. The normalized spacial score (nSPS) is 11.0. The van der Waals surface area contributed by atoms with E-state index >= 15 is 0 Å². The van der Waals surface area contributed by atoms with Gasteiger partial charge in [-0.1, -0.05) is 23.7 Å². The Morgan fingerprint density at radius 2 is 1.83 bits per heavy atom. The summed E-state index contributed by atoms with van der Waals surface area (Å²) in [7, 11) is -3.77. The zero-order valence-electron chi connectivity index (χ0n) is 14.8. The van der Waals surface area contributed by atoms with Crippen LogP contribution in [0.3, 0.4) is 0 Å². The molecule has 0 aromatic heterocycles. The van der Waals surface area contributed by atoms with Crippen LogP contribution >= 0.6 is 11.6 Å². The molecule has 0 radical (unpaired) electrons. The van der Waals surface area contributed by atoms with E-state index in [2.05, 4.69) is 5.32 Å². The lowest BCUT2D eigenvalue weighted by atomic mass is 10.1. The van der Waals surface area contributed by atoms with Crippen LogP contribution in [0.15, 0.2) is 47.4 Å². The molecule has 0 bridgehead atoms. The average Bonchev–Trinajstić information content (AvgIpc) is 2.66. The first-order chi connectivity index (χ1) is 13.6. The summed E-state index contributed by atoms with van der Waals surface area (Å²) in [5.41, 5.74) is 0.209. The summed E-state index contributed by atoms with van der Waals surface area (Å²) in [5.74, 6) is -1.55. The summed E-state index contributed by atoms with van der Waals surface area (Å²) in [4.78, 5) is 33.8. The molecular formula is C17H16ClN3O7S. The topological polar surface area (TPSA) is 159 Å². The van der Waals surface area contributed by atoms with Gasteiger partial charge in [0.25, 0.3) is 11.6 Å². The van der Waals surface area contributed by atoms with Crippen molar-refractivity contribution in [3.05, 3.63) is 68.7 Å². The third-order valence-electron chi connectivity index (χ3n) is 3.70. The number of nitrogens with one attached hydrogen (secondary N) is 1. The summed E-state index contributed by atoms with van der Waals surface area (Å²) in [6.45, 7) is -0.384. The number of nitrogens with zero attached hydrogens (tertiary/aromatic N) is 1. The zero-order chi connectivity index (χ0) is 21.6. The predicted octanol–water partition coefficient (Wildman–Crippen LogP) is 1.41. The van der Waals surface area contributed by atoms with Crippen LogP contribution < -0.4 is 10.5 Å². The fraction of sp³-hybridized carbons (Fsp3) is 0.176. The van der Waals surface area contributed by atoms with Gasteiger partial charge in [-0.15, -0.1) is 0 Å². The predicted molar refractivity (Wildman–Crippen MR) is 103 cm³/mol. The first kappa shape index (κ1) is 22.3.